The van der Waals surface area contributed by atoms with Gasteiger partial charge in [0.15, 0.2) is 0 Å². The van der Waals surface area contributed by atoms with E-state index >= 15 is 0 Å². The maximum absolute atomic E-state index is 11.5. The summed E-state index contributed by atoms with van der Waals surface area (Å²) < 4.78 is 0. The Morgan fingerprint density at radius 2 is 2.38 bits per heavy atom. The number of benzene rings is 1. The van der Waals surface area contributed by atoms with Gasteiger partial charge >= 0.3 is 0 Å². The Hall–Kier alpha value is -2.02. The van der Waals surface area contributed by atoms with Crippen LogP contribution in [-0.4, -0.2) is 19.0 Å². The highest BCUT2D eigenvalue weighted by Crippen LogP contribution is 2.31. The molecule has 82 valence electrons. The van der Waals surface area contributed by atoms with Crippen LogP contribution in [0.5, 0.6) is 0 Å². The van der Waals surface area contributed by atoms with E-state index in [2.05, 4.69) is 16.3 Å². The number of fused-ring (bicyclic) bond motifs is 1. The molecule has 0 unspecified atom stereocenters. The molecule has 4 heteroatoms. The highest BCUT2D eigenvalue weighted by atomic mass is 16.1. The Labute approximate surface area is 94.5 Å². The zero-order chi connectivity index (χ0) is 11.5. The Bertz CT molecular complexity index is 462. The number of carbonyl (C=O) groups is 1. The molecule has 1 aromatic carbocycles. The van der Waals surface area contributed by atoms with E-state index in [1.165, 1.54) is 0 Å². The van der Waals surface area contributed by atoms with E-state index < -0.39 is 0 Å². The number of nitrogens with zero attached hydrogens (tertiary/aromatic N) is 2. The minimum Gasteiger partial charge on any atom is -0.370 e. The molecule has 0 saturated carbocycles. The Balaban J connectivity index is 2.55. The second-order valence-corrected chi connectivity index (χ2v) is 3.69. The molecule has 1 aliphatic rings. The predicted octanol–water partition coefficient (Wildman–Crippen LogP) is 1.73. The molecular weight excluding hydrogens is 202 g/mol. The third-order valence-corrected chi connectivity index (χ3v) is 2.76. The smallest absolute Gasteiger partial charge is 0.226 e. The van der Waals surface area contributed by atoms with Crippen LogP contribution in [0.4, 0.5) is 11.4 Å². The summed E-state index contributed by atoms with van der Waals surface area (Å²) in [6.45, 7) is 3.57. The lowest BCUT2D eigenvalue weighted by molar-refractivity contribution is -0.115. The van der Waals surface area contributed by atoms with Crippen molar-refractivity contribution in [3.63, 3.8) is 0 Å². The van der Waals surface area contributed by atoms with Gasteiger partial charge in [-0.15, -0.1) is 0 Å². The fourth-order valence-electron chi connectivity index (χ4n) is 1.92. The predicted molar refractivity (Wildman–Crippen MR) is 62.3 cm³/mol. The van der Waals surface area contributed by atoms with Crippen LogP contribution in [-0.2, 0) is 4.79 Å². The molecule has 2 rings (SSSR count). The number of hydrogen-bond donors (Lipinski definition) is 1. The first-order valence-corrected chi connectivity index (χ1v) is 5.34. The van der Waals surface area contributed by atoms with E-state index in [0.717, 1.165) is 12.2 Å². The molecule has 1 amide bonds. The van der Waals surface area contributed by atoms with E-state index in [1.807, 2.05) is 19.1 Å². The Morgan fingerprint density at radius 1 is 1.56 bits per heavy atom. The lowest BCUT2D eigenvalue weighted by atomic mass is 10.1. The molecule has 0 radical (unpaired) electrons. The molecule has 1 heterocycles. The van der Waals surface area contributed by atoms with Crippen LogP contribution in [0.15, 0.2) is 18.2 Å². The van der Waals surface area contributed by atoms with Crippen molar-refractivity contribution < 1.29 is 4.79 Å². The molecule has 0 bridgehead atoms. The first-order chi connectivity index (χ1) is 7.76. The number of hydrogen-bond acceptors (Lipinski definition) is 3. The molecule has 0 fully saturated rings. The van der Waals surface area contributed by atoms with Crippen LogP contribution >= 0.6 is 0 Å². The monoisotopic (exact) mass is 215 g/mol. The number of carbonyl (C=O) groups excluding carboxylic acids is 1. The van der Waals surface area contributed by atoms with Gasteiger partial charge in [0, 0.05) is 19.5 Å². The molecule has 16 heavy (non-hydrogen) atoms. The Morgan fingerprint density at radius 3 is 3.06 bits per heavy atom. The van der Waals surface area contributed by atoms with Gasteiger partial charge in [-0.2, -0.15) is 5.26 Å². The van der Waals surface area contributed by atoms with Gasteiger partial charge in [-0.3, -0.25) is 4.79 Å². The summed E-state index contributed by atoms with van der Waals surface area (Å²) in [5.74, 6) is -0.0279. The number of amides is 1. The van der Waals surface area contributed by atoms with Crippen molar-refractivity contribution >= 4 is 17.3 Å². The van der Waals surface area contributed by atoms with Crippen molar-refractivity contribution in [1.29, 1.82) is 5.26 Å². The first kappa shape index (κ1) is 10.5. The number of para-hydroxylation sites is 1. The van der Waals surface area contributed by atoms with Crippen LogP contribution < -0.4 is 10.2 Å². The number of rotatable bonds is 1. The van der Waals surface area contributed by atoms with Crippen molar-refractivity contribution in [3.8, 4) is 6.07 Å². The lowest BCUT2D eigenvalue weighted by Gasteiger charge is -2.22. The highest BCUT2D eigenvalue weighted by molar-refractivity contribution is 5.98. The quantitative estimate of drug-likeness (QED) is 0.776. The van der Waals surface area contributed by atoms with Gasteiger partial charge in [0.1, 0.15) is 6.07 Å². The second-order valence-electron chi connectivity index (χ2n) is 3.69. The van der Waals surface area contributed by atoms with Crippen LogP contribution in [0.2, 0.25) is 0 Å². The van der Waals surface area contributed by atoms with Gasteiger partial charge in [0.25, 0.3) is 0 Å². The summed E-state index contributed by atoms with van der Waals surface area (Å²) >= 11 is 0. The minimum absolute atomic E-state index is 0.0279. The number of nitriles is 1. The minimum atomic E-state index is -0.0279. The lowest BCUT2D eigenvalue weighted by Crippen LogP contribution is -2.23. The van der Waals surface area contributed by atoms with Gasteiger partial charge < -0.3 is 10.2 Å². The van der Waals surface area contributed by atoms with Crippen molar-refractivity contribution in [2.24, 2.45) is 0 Å². The van der Waals surface area contributed by atoms with Gasteiger partial charge in [-0.1, -0.05) is 6.07 Å². The number of anilines is 2. The van der Waals surface area contributed by atoms with Gasteiger partial charge in [-0.25, -0.2) is 0 Å². The molecule has 0 spiro atoms. The maximum atomic E-state index is 11.5. The van der Waals surface area contributed by atoms with E-state index in [9.17, 15) is 4.79 Å². The molecule has 1 aromatic rings. The van der Waals surface area contributed by atoms with E-state index in [0.29, 0.717) is 24.2 Å². The number of nitrogens with one attached hydrogen (secondary N) is 1. The largest absolute Gasteiger partial charge is 0.370 e. The van der Waals surface area contributed by atoms with Crippen molar-refractivity contribution in [2.75, 3.05) is 23.3 Å². The van der Waals surface area contributed by atoms with Crippen LogP contribution in [0.3, 0.4) is 0 Å². The summed E-state index contributed by atoms with van der Waals surface area (Å²) in [6, 6.07) is 7.61. The summed E-state index contributed by atoms with van der Waals surface area (Å²) in [4.78, 5) is 13.6. The van der Waals surface area contributed by atoms with Crippen molar-refractivity contribution in [2.45, 2.75) is 13.3 Å². The third kappa shape index (κ3) is 1.72. The fraction of sp³-hybridized carbons (Fsp3) is 0.333. The summed E-state index contributed by atoms with van der Waals surface area (Å²) in [7, 11) is 0. The average molecular weight is 215 g/mol. The summed E-state index contributed by atoms with van der Waals surface area (Å²) in [5.41, 5.74) is 2.10. The molecule has 4 nitrogen and oxygen atoms in total. The van der Waals surface area contributed by atoms with Crippen LogP contribution in [0.1, 0.15) is 18.9 Å². The van der Waals surface area contributed by atoms with Crippen molar-refractivity contribution in [3.05, 3.63) is 23.8 Å². The van der Waals surface area contributed by atoms with Crippen LogP contribution in [0.25, 0.3) is 0 Å². The summed E-state index contributed by atoms with van der Waals surface area (Å²) in [5, 5.41) is 11.8. The van der Waals surface area contributed by atoms with E-state index in [1.54, 1.807) is 6.07 Å². The van der Waals surface area contributed by atoms with Crippen LogP contribution in [0, 0.1) is 11.3 Å². The maximum Gasteiger partial charge on any atom is 0.226 e. The van der Waals surface area contributed by atoms with E-state index in [-0.39, 0.29) is 5.91 Å². The highest BCUT2D eigenvalue weighted by Gasteiger charge is 2.20. The fourth-order valence-corrected chi connectivity index (χ4v) is 1.92. The standard InChI is InChI=1S/C12H13N3O/c1-2-15-7-6-11(16)14-12-9(8-13)4-3-5-10(12)15/h3-5H,2,6-7H2,1H3,(H,14,16). The first-order valence-electron chi connectivity index (χ1n) is 5.34. The third-order valence-electron chi connectivity index (χ3n) is 2.76. The normalized spacial score (nSPS) is 14.8. The van der Waals surface area contributed by atoms with E-state index in [4.69, 9.17) is 5.26 Å². The van der Waals surface area contributed by atoms with Crippen molar-refractivity contribution in [1.82, 2.24) is 0 Å². The zero-order valence-electron chi connectivity index (χ0n) is 9.16. The topological polar surface area (TPSA) is 56.1 Å². The molecule has 1 N–H and O–H groups in total. The Kier molecular flexibility index (Phi) is 2.78. The molecular formula is C12H13N3O. The molecule has 0 atom stereocenters. The van der Waals surface area contributed by atoms with Gasteiger partial charge in [-0.05, 0) is 19.1 Å². The molecule has 0 saturated heterocycles. The molecule has 0 aliphatic carbocycles. The SMILES string of the molecule is CCN1CCC(=O)Nc2c(C#N)cccc21. The average Bonchev–Trinajstić information content (AvgIpc) is 2.46. The summed E-state index contributed by atoms with van der Waals surface area (Å²) in [6.07, 6.45) is 0.466. The molecule has 0 aromatic heterocycles. The zero-order valence-corrected chi connectivity index (χ0v) is 9.16. The molecule has 1 aliphatic heterocycles. The second kappa shape index (κ2) is 4.23. The van der Waals surface area contributed by atoms with Gasteiger partial charge in [0.2, 0.25) is 5.91 Å². The van der Waals surface area contributed by atoms with Gasteiger partial charge in [0.05, 0.1) is 16.9 Å².